The first-order valence-electron chi connectivity index (χ1n) is 6.07. The van der Waals surface area contributed by atoms with Crippen molar-refractivity contribution in [1.29, 1.82) is 0 Å². The summed E-state index contributed by atoms with van der Waals surface area (Å²) in [6.45, 7) is 1.74. The molecule has 0 amide bonds. The molecule has 3 aliphatic rings. The van der Waals surface area contributed by atoms with Crippen LogP contribution in [0.2, 0.25) is 0 Å². The predicted molar refractivity (Wildman–Crippen MR) is 54.0 cm³/mol. The van der Waals surface area contributed by atoms with Crippen molar-refractivity contribution in [3.63, 3.8) is 0 Å². The third-order valence-electron chi connectivity index (χ3n) is 4.83. The molecule has 1 unspecified atom stereocenters. The van der Waals surface area contributed by atoms with Crippen molar-refractivity contribution in [2.24, 2.45) is 11.3 Å². The number of hydrogen-bond acceptors (Lipinski definition) is 2. The fourth-order valence-electron chi connectivity index (χ4n) is 3.82. The van der Waals surface area contributed by atoms with Gasteiger partial charge >= 0.3 is 0 Å². The lowest BCUT2D eigenvalue weighted by Crippen LogP contribution is -2.48. The van der Waals surface area contributed by atoms with Crippen LogP contribution in [0.15, 0.2) is 0 Å². The van der Waals surface area contributed by atoms with Gasteiger partial charge in [-0.25, -0.2) is 0 Å². The number of hydrogen-bond donors (Lipinski definition) is 1. The van der Waals surface area contributed by atoms with Crippen LogP contribution in [-0.2, 0) is 4.74 Å². The monoisotopic (exact) mass is 196 g/mol. The lowest BCUT2D eigenvalue weighted by Gasteiger charge is -2.45. The van der Waals surface area contributed by atoms with E-state index in [-0.39, 0.29) is 11.0 Å². The zero-order valence-electron chi connectivity index (χ0n) is 8.80. The first-order valence-corrected chi connectivity index (χ1v) is 6.07. The zero-order chi connectivity index (χ0) is 9.65. The van der Waals surface area contributed by atoms with Crippen LogP contribution < -0.4 is 0 Å². The minimum absolute atomic E-state index is 0.242. The molecule has 1 aliphatic heterocycles. The van der Waals surface area contributed by atoms with Crippen molar-refractivity contribution >= 4 is 0 Å². The molecule has 3 fully saturated rings. The Morgan fingerprint density at radius 3 is 2.36 bits per heavy atom. The molecular formula is C12H20O2. The number of rotatable bonds is 1. The smallest absolute Gasteiger partial charge is 0.0733 e. The maximum absolute atomic E-state index is 10.9. The van der Waals surface area contributed by atoms with Gasteiger partial charge < -0.3 is 9.84 Å². The van der Waals surface area contributed by atoms with Crippen molar-refractivity contribution in [3.05, 3.63) is 0 Å². The highest BCUT2D eigenvalue weighted by molar-refractivity contribution is 5.10. The summed E-state index contributed by atoms with van der Waals surface area (Å²) in [5, 5.41) is 10.9. The third-order valence-corrected chi connectivity index (χ3v) is 4.83. The average Bonchev–Trinajstić information content (AvgIpc) is 2.99. The Labute approximate surface area is 85.6 Å². The molecule has 2 nitrogen and oxygen atoms in total. The Bertz CT molecular complexity index is 228. The Balaban J connectivity index is 1.87. The van der Waals surface area contributed by atoms with Gasteiger partial charge in [-0.1, -0.05) is 0 Å². The molecular weight excluding hydrogens is 176 g/mol. The van der Waals surface area contributed by atoms with Crippen molar-refractivity contribution in [1.82, 2.24) is 0 Å². The van der Waals surface area contributed by atoms with Crippen molar-refractivity contribution in [2.45, 2.75) is 50.5 Å². The van der Waals surface area contributed by atoms with Crippen LogP contribution in [0.1, 0.15) is 44.9 Å². The van der Waals surface area contributed by atoms with Gasteiger partial charge in [-0.05, 0) is 50.9 Å². The molecule has 0 aromatic heterocycles. The molecule has 1 saturated heterocycles. The molecule has 0 radical (unpaired) electrons. The molecule has 1 spiro atoms. The lowest BCUT2D eigenvalue weighted by molar-refractivity contribution is -0.126. The quantitative estimate of drug-likeness (QED) is 0.696. The average molecular weight is 196 g/mol. The van der Waals surface area contributed by atoms with E-state index in [0.29, 0.717) is 5.92 Å². The predicted octanol–water partition coefficient (Wildman–Crippen LogP) is 2.11. The van der Waals surface area contributed by atoms with Gasteiger partial charge in [-0.2, -0.15) is 0 Å². The van der Waals surface area contributed by atoms with E-state index in [4.69, 9.17) is 4.74 Å². The Morgan fingerprint density at radius 1 is 1.00 bits per heavy atom. The largest absolute Gasteiger partial charge is 0.389 e. The van der Waals surface area contributed by atoms with E-state index in [1.807, 2.05) is 0 Å². The third kappa shape index (κ3) is 1.10. The van der Waals surface area contributed by atoms with Gasteiger partial charge in [0.2, 0.25) is 0 Å². The summed E-state index contributed by atoms with van der Waals surface area (Å²) in [6.07, 6.45) is 8.24. The van der Waals surface area contributed by atoms with Crippen LogP contribution in [0.3, 0.4) is 0 Å². The van der Waals surface area contributed by atoms with E-state index in [1.165, 1.54) is 25.7 Å². The van der Waals surface area contributed by atoms with Crippen LogP contribution >= 0.6 is 0 Å². The molecule has 0 bridgehead atoms. The van der Waals surface area contributed by atoms with Crippen LogP contribution in [0.4, 0.5) is 0 Å². The maximum Gasteiger partial charge on any atom is 0.0733 e. The Morgan fingerprint density at radius 2 is 1.71 bits per heavy atom. The molecule has 80 valence electrons. The highest BCUT2D eigenvalue weighted by Gasteiger charge is 2.60. The fraction of sp³-hybridized carbons (Fsp3) is 1.00. The van der Waals surface area contributed by atoms with Gasteiger partial charge in [-0.15, -0.1) is 0 Å². The van der Waals surface area contributed by atoms with Crippen LogP contribution in [0, 0.1) is 11.3 Å². The van der Waals surface area contributed by atoms with Crippen LogP contribution in [-0.4, -0.2) is 23.9 Å². The van der Waals surface area contributed by atoms with Crippen molar-refractivity contribution < 1.29 is 9.84 Å². The molecule has 1 N–H and O–H groups in total. The van der Waals surface area contributed by atoms with E-state index >= 15 is 0 Å². The Hall–Kier alpha value is -0.0800. The first-order chi connectivity index (χ1) is 6.77. The van der Waals surface area contributed by atoms with Gasteiger partial charge in [0.1, 0.15) is 0 Å². The standard InChI is InChI=1S/C12H20O2/c13-12(10-2-3-10)5-1-4-11(12)6-8-14-9-7-11/h10,13H,1-9H2. The SMILES string of the molecule is OC1(C2CC2)CCCC12CCOCC2. The number of ether oxygens (including phenoxy) is 1. The summed E-state index contributed by atoms with van der Waals surface area (Å²) in [4.78, 5) is 0. The summed E-state index contributed by atoms with van der Waals surface area (Å²) in [5.74, 6) is 0.628. The topological polar surface area (TPSA) is 29.5 Å². The van der Waals surface area contributed by atoms with Gasteiger partial charge in [0.25, 0.3) is 0 Å². The van der Waals surface area contributed by atoms with Gasteiger partial charge in [0.15, 0.2) is 0 Å². The molecule has 1 heterocycles. The molecule has 0 aromatic carbocycles. The minimum Gasteiger partial charge on any atom is -0.389 e. The molecule has 2 heteroatoms. The highest BCUT2D eigenvalue weighted by atomic mass is 16.5. The van der Waals surface area contributed by atoms with E-state index in [2.05, 4.69) is 0 Å². The van der Waals surface area contributed by atoms with Crippen LogP contribution in [0.25, 0.3) is 0 Å². The van der Waals surface area contributed by atoms with Crippen LogP contribution in [0.5, 0.6) is 0 Å². The van der Waals surface area contributed by atoms with Crippen molar-refractivity contribution in [2.75, 3.05) is 13.2 Å². The fourth-order valence-corrected chi connectivity index (χ4v) is 3.82. The molecule has 3 rings (SSSR count). The summed E-state index contributed by atoms with van der Waals surface area (Å²) in [5.41, 5.74) is -0.0663. The first kappa shape index (κ1) is 9.17. The van der Waals surface area contributed by atoms with Crippen molar-refractivity contribution in [3.8, 4) is 0 Å². The Kier molecular flexibility index (Phi) is 1.94. The maximum atomic E-state index is 10.9. The summed E-state index contributed by atoms with van der Waals surface area (Å²) in [7, 11) is 0. The van der Waals surface area contributed by atoms with E-state index < -0.39 is 0 Å². The van der Waals surface area contributed by atoms with E-state index in [1.54, 1.807) is 0 Å². The second-order valence-corrected chi connectivity index (χ2v) is 5.44. The number of aliphatic hydroxyl groups is 1. The second-order valence-electron chi connectivity index (χ2n) is 5.44. The summed E-state index contributed by atoms with van der Waals surface area (Å²) >= 11 is 0. The minimum atomic E-state index is -0.309. The summed E-state index contributed by atoms with van der Waals surface area (Å²) < 4.78 is 5.44. The zero-order valence-corrected chi connectivity index (χ0v) is 8.80. The molecule has 2 saturated carbocycles. The van der Waals surface area contributed by atoms with E-state index in [0.717, 1.165) is 32.5 Å². The molecule has 0 aromatic rings. The molecule has 14 heavy (non-hydrogen) atoms. The van der Waals surface area contributed by atoms with Gasteiger partial charge in [-0.3, -0.25) is 0 Å². The summed E-state index contributed by atoms with van der Waals surface area (Å²) in [6, 6.07) is 0. The lowest BCUT2D eigenvalue weighted by atomic mass is 9.67. The van der Waals surface area contributed by atoms with Gasteiger partial charge in [0, 0.05) is 18.6 Å². The van der Waals surface area contributed by atoms with E-state index in [9.17, 15) is 5.11 Å². The second kappa shape index (κ2) is 2.96. The normalized spacial score (nSPS) is 41.8. The molecule has 1 atom stereocenters. The van der Waals surface area contributed by atoms with Gasteiger partial charge in [0.05, 0.1) is 5.60 Å². The highest BCUT2D eigenvalue weighted by Crippen LogP contribution is 2.61. The molecule has 2 aliphatic carbocycles.